The summed E-state index contributed by atoms with van der Waals surface area (Å²) in [6.07, 6.45) is 5.98. The quantitative estimate of drug-likeness (QED) is 0.0185. The van der Waals surface area contributed by atoms with Crippen molar-refractivity contribution in [2.24, 2.45) is 0 Å². The highest BCUT2D eigenvalue weighted by atomic mass is 19.1. The molecule has 2 aliphatic heterocycles. The first-order valence-electron chi connectivity index (χ1n) is 27.2. The highest BCUT2D eigenvalue weighted by Crippen LogP contribution is 2.44. The molecule has 8 rings (SSSR count). The molecule has 0 aliphatic carbocycles. The normalized spacial score (nSPS) is 14.9. The lowest BCUT2D eigenvalue weighted by Crippen LogP contribution is -2.52. The van der Waals surface area contributed by atoms with Gasteiger partial charge in [0.1, 0.15) is 24.2 Å². The first kappa shape index (κ1) is 57.2. The number of piperidine rings is 1. The molecule has 5 N–H and O–H groups in total. The van der Waals surface area contributed by atoms with Gasteiger partial charge in [-0.1, -0.05) is 86.6 Å². The molecule has 79 heavy (non-hydrogen) atoms. The van der Waals surface area contributed by atoms with Gasteiger partial charge in [0.15, 0.2) is 0 Å². The predicted octanol–water partition coefficient (Wildman–Crippen LogP) is 8.70. The van der Waals surface area contributed by atoms with Crippen LogP contribution in [0.25, 0.3) is 22.4 Å². The molecule has 0 saturated carbocycles. The number of halogens is 1. The van der Waals surface area contributed by atoms with Gasteiger partial charge in [0.05, 0.1) is 42.2 Å². The topological polar surface area (TPSA) is 227 Å². The Hall–Kier alpha value is -7.98. The van der Waals surface area contributed by atoms with E-state index >= 15 is 0 Å². The summed E-state index contributed by atoms with van der Waals surface area (Å²) in [6.45, 7) is 6.42. The third-order valence-corrected chi connectivity index (χ3v) is 14.1. The monoisotopic (exact) mass is 1080 g/mol. The van der Waals surface area contributed by atoms with Crippen molar-refractivity contribution in [2.75, 3.05) is 25.1 Å². The molecule has 6 aromatic rings. The molecule has 18 heteroatoms. The van der Waals surface area contributed by atoms with E-state index < -0.39 is 42.4 Å². The number of nitrogens with zero attached hydrogens (tertiary/aromatic N) is 5. The van der Waals surface area contributed by atoms with E-state index in [1.807, 2.05) is 77.8 Å². The van der Waals surface area contributed by atoms with Crippen LogP contribution in [0.4, 0.5) is 10.1 Å². The van der Waals surface area contributed by atoms with Crippen LogP contribution in [-0.2, 0) is 45.2 Å². The van der Waals surface area contributed by atoms with Crippen molar-refractivity contribution < 1.29 is 53.2 Å². The lowest BCUT2D eigenvalue weighted by Gasteiger charge is -2.29. The average molecular weight is 1080 g/mol. The zero-order chi connectivity index (χ0) is 55.8. The Morgan fingerprint density at radius 2 is 1.65 bits per heavy atom. The standard InChI is InChI=1S/C61H68FN7O10/c1-40(2)57-56(60(76)63-45-18-7-6-8-19-45)55(58(42-23-25-44(62)26-24-42)68(57)31-29-47(70)36-48(71)37-54(73)74)43-16-11-21-49(35-43)79-34-14-20-46-38-67(66-65-46)30-9-4-3-5-10-32-78-33-13-17-41-15-12-22-50-51(41)39-69(61(50)77)52-27-28-53(72)64-59(52)75/h6-8,11-12,15-16,18-19,21-26,35,38,40,47-48,52,70-71H,3-5,9-10,14,20,27-34,36-37,39H2,1-2H3,(H,63,76)(H,73,74)(H,64,72,75)/t47-,48-,52?/m1/s1. The summed E-state index contributed by atoms with van der Waals surface area (Å²) in [5.74, 6) is 3.63. The Balaban J connectivity index is 0.821. The van der Waals surface area contributed by atoms with Crippen molar-refractivity contribution >= 4 is 35.3 Å². The second-order valence-electron chi connectivity index (χ2n) is 20.4. The van der Waals surface area contributed by atoms with E-state index in [2.05, 4.69) is 32.8 Å². The summed E-state index contributed by atoms with van der Waals surface area (Å²) in [5, 5.41) is 44.7. The van der Waals surface area contributed by atoms with Gasteiger partial charge in [-0.15, -0.1) is 5.10 Å². The van der Waals surface area contributed by atoms with Crippen molar-refractivity contribution in [3.8, 4) is 40.0 Å². The molecule has 4 aromatic carbocycles. The minimum Gasteiger partial charge on any atom is -0.494 e. The van der Waals surface area contributed by atoms with Crippen LogP contribution in [-0.4, -0.2) is 107 Å². The maximum atomic E-state index is 14.7. The number of rotatable bonds is 27. The molecule has 1 fully saturated rings. The number of carbonyl (C=O) groups is 5. The number of ether oxygens (including phenoxy) is 2. The fourth-order valence-corrected chi connectivity index (χ4v) is 10.3. The molecule has 2 aromatic heterocycles. The van der Waals surface area contributed by atoms with Gasteiger partial charge in [-0.3, -0.25) is 34.0 Å². The van der Waals surface area contributed by atoms with E-state index in [0.29, 0.717) is 83.1 Å². The number of amides is 4. The molecule has 4 heterocycles. The zero-order valence-electron chi connectivity index (χ0n) is 44.7. The second kappa shape index (κ2) is 27.6. The number of nitrogens with one attached hydrogen (secondary N) is 2. The highest BCUT2D eigenvalue weighted by Gasteiger charge is 2.40. The third kappa shape index (κ3) is 15.2. The fraction of sp³-hybridized carbons (Fsp3) is 0.393. The van der Waals surface area contributed by atoms with Crippen molar-refractivity contribution in [3.05, 3.63) is 143 Å². The van der Waals surface area contributed by atoms with Crippen LogP contribution in [0, 0.1) is 17.7 Å². The van der Waals surface area contributed by atoms with E-state index in [-0.39, 0.29) is 62.6 Å². The number of unbranched alkanes of at least 4 members (excludes halogenated alkanes) is 4. The summed E-state index contributed by atoms with van der Waals surface area (Å²) in [4.78, 5) is 64.6. The maximum Gasteiger partial charge on any atom is 0.305 e. The van der Waals surface area contributed by atoms with Gasteiger partial charge >= 0.3 is 5.97 Å². The molecule has 0 bridgehead atoms. The van der Waals surface area contributed by atoms with Crippen molar-refractivity contribution in [1.82, 2.24) is 29.8 Å². The number of carbonyl (C=O) groups excluding carboxylic acids is 4. The Labute approximate surface area is 459 Å². The summed E-state index contributed by atoms with van der Waals surface area (Å²) in [7, 11) is 0. The van der Waals surface area contributed by atoms with E-state index in [1.165, 1.54) is 17.0 Å². The number of aliphatic hydroxyl groups is 2. The van der Waals surface area contributed by atoms with Crippen molar-refractivity contribution in [1.29, 1.82) is 0 Å². The Kier molecular flexibility index (Phi) is 20.0. The van der Waals surface area contributed by atoms with Crippen LogP contribution in [0.5, 0.6) is 5.75 Å². The van der Waals surface area contributed by atoms with Crippen LogP contribution in [0.3, 0.4) is 0 Å². The first-order chi connectivity index (χ1) is 38.2. The largest absolute Gasteiger partial charge is 0.494 e. The molecule has 0 spiro atoms. The molecule has 2 aliphatic rings. The number of anilines is 1. The Bertz CT molecular complexity index is 3160. The van der Waals surface area contributed by atoms with Gasteiger partial charge in [-0.2, -0.15) is 0 Å². The number of hydrogen-bond acceptors (Lipinski definition) is 11. The number of fused-ring (bicyclic) bond motifs is 1. The Morgan fingerprint density at radius 1 is 0.873 bits per heavy atom. The lowest BCUT2D eigenvalue weighted by molar-refractivity contribution is -0.140. The number of aliphatic hydroxyl groups excluding tert-OH is 2. The number of carboxylic acids is 1. The highest BCUT2D eigenvalue weighted by molar-refractivity contribution is 6.12. The summed E-state index contributed by atoms with van der Waals surface area (Å²) < 4.78 is 30.5. The number of aromatic nitrogens is 4. The molecule has 4 amide bonds. The molecule has 3 atom stereocenters. The number of carboxylic acid groups (broad SMARTS) is 1. The number of hydrogen-bond donors (Lipinski definition) is 5. The molecular weight excluding hydrogens is 1010 g/mol. The smallest absolute Gasteiger partial charge is 0.305 e. The van der Waals surface area contributed by atoms with E-state index in [9.17, 15) is 43.7 Å². The van der Waals surface area contributed by atoms with Gasteiger partial charge in [0, 0.05) is 66.9 Å². The van der Waals surface area contributed by atoms with Crippen molar-refractivity contribution in [2.45, 2.75) is 135 Å². The van der Waals surface area contributed by atoms with Gasteiger partial charge in [0.25, 0.3) is 11.8 Å². The number of benzene rings is 4. The molecule has 1 saturated heterocycles. The number of imide groups is 1. The molecule has 414 valence electrons. The lowest BCUT2D eigenvalue weighted by atomic mass is 9.94. The van der Waals surface area contributed by atoms with E-state index in [4.69, 9.17) is 9.47 Å². The van der Waals surface area contributed by atoms with Gasteiger partial charge in [-0.25, -0.2) is 4.39 Å². The molecule has 1 unspecified atom stereocenters. The number of aryl methyl sites for hydroxylation is 2. The van der Waals surface area contributed by atoms with Crippen LogP contribution in [0.1, 0.15) is 134 Å². The van der Waals surface area contributed by atoms with Crippen LogP contribution in [0.15, 0.2) is 103 Å². The molecular formula is C61H68FN7O10. The minimum absolute atomic E-state index is 0.136. The predicted molar refractivity (Wildman–Crippen MR) is 294 cm³/mol. The van der Waals surface area contributed by atoms with E-state index in [0.717, 1.165) is 55.5 Å². The number of para-hydroxylation sites is 1. The summed E-state index contributed by atoms with van der Waals surface area (Å²) in [6, 6.07) is 27.4. The van der Waals surface area contributed by atoms with E-state index in [1.54, 1.807) is 36.4 Å². The SMILES string of the molecule is CC(C)c1c(C(=O)Nc2ccccc2)c(-c2cccc(OCCCc3cn(CCCCCCCOCC#Cc4cccc5c4CN(C4CCC(=O)NC4=O)C5=O)nn3)c2)c(-c2ccc(F)cc2)n1CC[C@@H](O)C[C@@H](O)CC(=O)O. The minimum atomic E-state index is -1.24. The second-order valence-corrected chi connectivity index (χ2v) is 20.4. The molecule has 17 nitrogen and oxygen atoms in total. The summed E-state index contributed by atoms with van der Waals surface area (Å²) in [5.41, 5.74) is 7.13. The Morgan fingerprint density at radius 3 is 2.42 bits per heavy atom. The molecule has 0 radical (unpaired) electrons. The average Bonchev–Trinajstić information content (AvgIpc) is 4.16. The van der Waals surface area contributed by atoms with Crippen LogP contribution in [0.2, 0.25) is 0 Å². The maximum absolute atomic E-state index is 14.7. The summed E-state index contributed by atoms with van der Waals surface area (Å²) >= 11 is 0. The van der Waals surface area contributed by atoms with Gasteiger partial charge in [-0.05, 0) is 128 Å². The third-order valence-electron chi connectivity index (χ3n) is 14.1. The van der Waals surface area contributed by atoms with Gasteiger partial charge < -0.3 is 39.6 Å². The first-order valence-corrected chi connectivity index (χ1v) is 27.2. The van der Waals surface area contributed by atoms with Crippen LogP contribution >= 0.6 is 0 Å². The van der Waals surface area contributed by atoms with Gasteiger partial charge in [0.2, 0.25) is 11.8 Å². The fourth-order valence-electron chi connectivity index (χ4n) is 10.3. The zero-order valence-corrected chi connectivity index (χ0v) is 44.7. The van der Waals surface area contributed by atoms with Crippen LogP contribution < -0.4 is 15.4 Å². The van der Waals surface area contributed by atoms with Crippen molar-refractivity contribution in [3.63, 3.8) is 0 Å². The number of aliphatic carboxylic acids is 1.